The molecule has 2 aromatic rings. The first-order valence-corrected chi connectivity index (χ1v) is 8.15. The zero-order chi connectivity index (χ0) is 21.5. The van der Waals surface area contributed by atoms with Gasteiger partial charge < -0.3 is 5.32 Å². The summed E-state index contributed by atoms with van der Waals surface area (Å²) in [5.41, 5.74) is -2.04. The van der Waals surface area contributed by atoms with Crippen LogP contribution in [-0.2, 0) is 11.0 Å². The Balaban J connectivity index is 1.82. The number of nitro groups is 1. The van der Waals surface area contributed by atoms with Crippen molar-refractivity contribution >= 4 is 29.1 Å². The highest BCUT2D eigenvalue weighted by molar-refractivity contribution is 6.24. The number of benzene rings is 2. The number of nitrogens with zero attached hydrogens (tertiary/aromatic N) is 2. The maximum Gasteiger partial charge on any atom is 0.416 e. The third kappa shape index (κ3) is 3.53. The number of alkyl halides is 3. The molecule has 1 atom stereocenters. The highest BCUT2D eigenvalue weighted by Gasteiger charge is 2.44. The Morgan fingerprint density at radius 1 is 1.10 bits per heavy atom. The molecule has 1 aliphatic heterocycles. The molecule has 3 rings (SSSR count). The molecule has 11 heteroatoms. The molecule has 2 aromatic carbocycles. The molecule has 3 amide bonds. The number of nitro benzene ring substituents is 1. The van der Waals surface area contributed by atoms with Crippen molar-refractivity contribution in [1.82, 2.24) is 4.90 Å². The van der Waals surface area contributed by atoms with Crippen molar-refractivity contribution in [3.05, 3.63) is 69.3 Å². The van der Waals surface area contributed by atoms with Gasteiger partial charge in [-0.1, -0.05) is 6.07 Å². The van der Waals surface area contributed by atoms with E-state index in [1.54, 1.807) is 0 Å². The second kappa shape index (κ2) is 7.00. The SMILES string of the molecule is CC(C(=O)Nc1ccc(C(F)(F)F)cc1)N1C(=O)c2cccc([N+](=O)[O-])c2C1=O. The average molecular weight is 407 g/mol. The first kappa shape index (κ1) is 20.0. The van der Waals surface area contributed by atoms with Crippen LogP contribution in [0.5, 0.6) is 0 Å². The summed E-state index contributed by atoms with van der Waals surface area (Å²) in [7, 11) is 0. The van der Waals surface area contributed by atoms with Gasteiger partial charge in [0.1, 0.15) is 11.6 Å². The Kier molecular flexibility index (Phi) is 4.83. The largest absolute Gasteiger partial charge is 0.416 e. The van der Waals surface area contributed by atoms with Gasteiger partial charge in [0.15, 0.2) is 0 Å². The van der Waals surface area contributed by atoms with Crippen molar-refractivity contribution in [1.29, 1.82) is 0 Å². The summed E-state index contributed by atoms with van der Waals surface area (Å²) in [4.78, 5) is 48.4. The van der Waals surface area contributed by atoms with Crippen LogP contribution in [0, 0.1) is 10.1 Å². The highest BCUT2D eigenvalue weighted by atomic mass is 19.4. The fourth-order valence-corrected chi connectivity index (χ4v) is 2.90. The molecule has 1 N–H and O–H groups in total. The maximum atomic E-state index is 12.6. The predicted molar refractivity (Wildman–Crippen MR) is 93.1 cm³/mol. The van der Waals surface area contributed by atoms with Gasteiger partial charge in [-0.05, 0) is 37.3 Å². The zero-order valence-corrected chi connectivity index (χ0v) is 14.7. The molecular formula is C18H12F3N3O5. The molecule has 8 nitrogen and oxygen atoms in total. The first-order valence-electron chi connectivity index (χ1n) is 8.15. The molecule has 0 aliphatic carbocycles. The Bertz CT molecular complexity index is 1030. The van der Waals surface area contributed by atoms with Crippen LogP contribution in [0.2, 0.25) is 0 Å². The normalized spacial score (nSPS) is 14.6. The lowest BCUT2D eigenvalue weighted by Crippen LogP contribution is -2.45. The number of amides is 3. The van der Waals surface area contributed by atoms with Gasteiger partial charge in [0, 0.05) is 11.8 Å². The molecule has 0 bridgehead atoms. The van der Waals surface area contributed by atoms with Crippen LogP contribution in [0.3, 0.4) is 0 Å². The standard InChI is InChI=1S/C18H12F3N3O5/c1-9(15(25)22-11-7-5-10(6-8-11)18(19,20)21)23-16(26)12-3-2-4-13(24(28)29)14(12)17(23)27/h2-9H,1H3,(H,22,25). The summed E-state index contributed by atoms with van der Waals surface area (Å²) in [5.74, 6) is -2.71. The number of carbonyl (C=O) groups excluding carboxylic acids is 3. The van der Waals surface area contributed by atoms with Crippen LogP contribution in [-0.4, -0.2) is 33.6 Å². The smallest absolute Gasteiger partial charge is 0.324 e. The van der Waals surface area contributed by atoms with E-state index in [1.165, 1.54) is 19.1 Å². The quantitative estimate of drug-likeness (QED) is 0.475. The summed E-state index contributed by atoms with van der Waals surface area (Å²) < 4.78 is 37.8. The molecule has 1 aliphatic rings. The van der Waals surface area contributed by atoms with Crippen LogP contribution in [0.4, 0.5) is 24.5 Å². The predicted octanol–water partition coefficient (Wildman–Crippen LogP) is 3.24. The topological polar surface area (TPSA) is 110 Å². The van der Waals surface area contributed by atoms with Crippen LogP contribution in [0.25, 0.3) is 0 Å². The third-order valence-electron chi connectivity index (χ3n) is 4.37. The number of fused-ring (bicyclic) bond motifs is 1. The molecule has 0 fully saturated rings. The number of carbonyl (C=O) groups is 3. The third-order valence-corrected chi connectivity index (χ3v) is 4.37. The second-order valence-electron chi connectivity index (χ2n) is 6.18. The minimum atomic E-state index is -4.54. The molecular weight excluding hydrogens is 395 g/mol. The molecule has 150 valence electrons. The summed E-state index contributed by atoms with van der Waals surface area (Å²) in [6, 6.07) is 5.80. The van der Waals surface area contributed by atoms with E-state index in [-0.39, 0.29) is 11.3 Å². The van der Waals surface area contributed by atoms with E-state index in [9.17, 15) is 37.7 Å². The second-order valence-corrected chi connectivity index (χ2v) is 6.18. The Morgan fingerprint density at radius 2 is 1.72 bits per heavy atom. The lowest BCUT2D eigenvalue weighted by atomic mass is 10.1. The van der Waals surface area contributed by atoms with Gasteiger partial charge >= 0.3 is 6.18 Å². The monoisotopic (exact) mass is 407 g/mol. The molecule has 0 aromatic heterocycles. The van der Waals surface area contributed by atoms with E-state index in [1.807, 2.05) is 0 Å². The van der Waals surface area contributed by atoms with Gasteiger partial charge in [0.05, 0.1) is 16.1 Å². The van der Waals surface area contributed by atoms with Crippen molar-refractivity contribution < 1.29 is 32.5 Å². The highest BCUT2D eigenvalue weighted by Crippen LogP contribution is 2.32. The lowest BCUT2D eigenvalue weighted by molar-refractivity contribution is -0.385. The maximum absolute atomic E-state index is 12.6. The van der Waals surface area contributed by atoms with E-state index >= 15 is 0 Å². The minimum absolute atomic E-state index is 0.0254. The van der Waals surface area contributed by atoms with Crippen LogP contribution in [0.15, 0.2) is 42.5 Å². The van der Waals surface area contributed by atoms with Gasteiger partial charge in [-0.2, -0.15) is 13.2 Å². The van der Waals surface area contributed by atoms with Gasteiger partial charge in [0.2, 0.25) is 5.91 Å². The first-order chi connectivity index (χ1) is 13.5. The summed E-state index contributed by atoms with van der Waals surface area (Å²) in [6.07, 6.45) is -4.54. The number of imide groups is 1. The Morgan fingerprint density at radius 3 is 2.28 bits per heavy atom. The number of hydrogen-bond acceptors (Lipinski definition) is 5. The fraction of sp³-hybridized carbons (Fsp3) is 0.167. The van der Waals surface area contributed by atoms with Crippen molar-refractivity contribution in [3.63, 3.8) is 0 Å². The number of anilines is 1. The summed E-state index contributed by atoms with van der Waals surface area (Å²) in [5, 5.41) is 13.4. The molecule has 0 saturated carbocycles. The van der Waals surface area contributed by atoms with Crippen LogP contribution in [0.1, 0.15) is 33.2 Å². The van der Waals surface area contributed by atoms with E-state index < -0.39 is 51.7 Å². The van der Waals surface area contributed by atoms with E-state index in [4.69, 9.17) is 0 Å². The van der Waals surface area contributed by atoms with Gasteiger partial charge in [-0.25, -0.2) is 0 Å². The summed E-state index contributed by atoms with van der Waals surface area (Å²) in [6.45, 7) is 1.23. The van der Waals surface area contributed by atoms with E-state index in [0.29, 0.717) is 4.90 Å². The van der Waals surface area contributed by atoms with Crippen molar-refractivity contribution in [2.75, 3.05) is 5.32 Å². The lowest BCUT2D eigenvalue weighted by Gasteiger charge is -2.21. The molecule has 1 unspecified atom stereocenters. The zero-order valence-electron chi connectivity index (χ0n) is 14.7. The number of nitrogens with one attached hydrogen (secondary N) is 1. The molecule has 0 radical (unpaired) electrons. The van der Waals surface area contributed by atoms with E-state index in [0.717, 1.165) is 30.3 Å². The van der Waals surface area contributed by atoms with Crippen molar-refractivity contribution in [2.24, 2.45) is 0 Å². The van der Waals surface area contributed by atoms with Crippen LogP contribution < -0.4 is 5.32 Å². The van der Waals surface area contributed by atoms with E-state index in [2.05, 4.69) is 5.32 Å². The van der Waals surface area contributed by atoms with Gasteiger partial charge in [-0.15, -0.1) is 0 Å². The molecule has 1 heterocycles. The Labute approximate surface area is 161 Å². The fourth-order valence-electron chi connectivity index (χ4n) is 2.90. The molecule has 0 spiro atoms. The number of rotatable bonds is 4. The molecule has 0 saturated heterocycles. The number of halogens is 3. The van der Waals surface area contributed by atoms with Crippen molar-refractivity contribution in [3.8, 4) is 0 Å². The number of hydrogen-bond donors (Lipinski definition) is 1. The minimum Gasteiger partial charge on any atom is -0.324 e. The van der Waals surface area contributed by atoms with Crippen LogP contribution >= 0.6 is 0 Å². The molecule has 29 heavy (non-hydrogen) atoms. The van der Waals surface area contributed by atoms with Gasteiger partial charge in [-0.3, -0.25) is 29.4 Å². The van der Waals surface area contributed by atoms with Gasteiger partial charge in [0.25, 0.3) is 17.5 Å². The average Bonchev–Trinajstić information content (AvgIpc) is 2.91. The van der Waals surface area contributed by atoms with Crippen molar-refractivity contribution in [2.45, 2.75) is 19.1 Å². The summed E-state index contributed by atoms with van der Waals surface area (Å²) >= 11 is 0. The Hall–Kier alpha value is -3.76.